The van der Waals surface area contributed by atoms with Crippen molar-refractivity contribution >= 4 is 0 Å². The quantitative estimate of drug-likeness (QED) is 0.569. The largest absolute Gasteiger partial charge is 0.507 e. The Labute approximate surface area is 170 Å². The number of rotatable bonds is 4. The highest BCUT2D eigenvalue weighted by molar-refractivity contribution is 5.67. The minimum atomic E-state index is -1.15. The van der Waals surface area contributed by atoms with E-state index in [4.69, 9.17) is 4.74 Å². The summed E-state index contributed by atoms with van der Waals surface area (Å²) < 4.78 is 20.6. The number of halogens is 1. The number of piperidine rings is 1. The number of benzene rings is 1. The van der Waals surface area contributed by atoms with Gasteiger partial charge in [0.15, 0.2) is 17.1 Å². The van der Waals surface area contributed by atoms with Crippen LogP contribution in [0.3, 0.4) is 0 Å². The molecule has 12 heteroatoms. The molecule has 4 heterocycles. The standard InChI is InChI=1S/C18H20FN9O2/c1-18-6-5-10(21-18)7-15(16(18)19)30-17-20-9-13(22-23-17)12-4-3-11(8-14(12)29)28-25-24-27(2)26-28/h3-4,8-10,15-16,21H,5-7H2,1-2H3/p+1/t10-,15-,16+,18+/m1/s1. The third-order valence-electron chi connectivity index (χ3n) is 5.75. The highest BCUT2D eigenvalue weighted by Gasteiger charge is 2.51. The van der Waals surface area contributed by atoms with E-state index < -0.39 is 17.8 Å². The molecule has 2 saturated heterocycles. The lowest BCUT2D eigenvalue weighted by Crippen LogP contribution is -2.59. The molecule has 2 fully saturated rings. The van der Waals surface area contributed by atoms with Crippen LogP contribution in [0.25, 0.3) is 16.9 Å². The summed E-state index contributed by atoms with van der Waals surface area (Å²) in [5, 5.41) is 33.4. The molecule has 11 nitrogen and oxygen atoms in total. The lowest BCUT2D eigenvalue weighted by atomic mass is 9.88. The van der Waals surface area contributed by atoms with Crippen LogP contribution in [0.5, 0.6) is 11.8 Å². The van der Waals surface area contributed by atoms with Gasteiger partial charge in [0.2, 0.25) is 0 Å². The van der Waals surface area contributed by atoms with Crippen molar-refractivity contribution in [2.75, 3.05) is 0 Å². The van der Waals surface area contributed by atoms with Gasteiger partial charge in [-0.3, -0.25) is 0 Å². The predicted molar refractivity (Wildman–Crippen MR) is 99.3 cm³/mol. The molecule has 0 unspecified atom stereocenters. The minimum Gasteiger partial charge on any atom is -0.507 e. The number of phenolic OH excluding ortho intramolecular Hbond substituents is 1. The maximum Gasteiger partial charge on any atom is 0.336 e. The van der Waals surface area contributed by atoms with Crippen LogP contribution >= 0.6 is 0 Å². The number of fused-ring (bicyclic) bond motifs is 2. The van der Waals surface area contributed by atoms with E-state index >= 15 is 0 Å². The Balaban J connectivity index is 1.33. The molecule has 2 aromatic heterocycles. The van der Waals surface area contributed by atoms with Crippen LogP contribution in [0.15, 0.2) is 24.4 Å². The second kappa shape index (κ2) is 6.90. The van der Waals surface area contributed by atoms with E-state index in [1.807, 2.05) is 6.92 Å². The fourth-order valence-electron chi connectivity index (χ4n) is 4.19. The molecule has 2 N–H and O–H groups in total. The number of alkyl halides is 1. The third kappa shape index (κ3) is 3.22. The molecule has 1 aromatic carbocycles. The second-order valence-electron chi connectivity index (χ2n) is 7.97. The number of aryl methyl sites for hydroxylation is 1. The molecule has 2 aliphatic heterocycles. The van der Waals surface area contributed by atoms with Gasteiger partial charge in [0.25, 0.3) is 0 Å². The van der Waals surface area contributed by atoms with Crippen molar-refractivity contribution in [3.8, 4) is 28.7 Å². The van der Waals surface area contributed by atoms with E-state index in [0.717, 1.165) is 12.8 Å². The smallest absolute Gasteiger partial charge is 0.336 e. The average Bonchev–Trinajstić information content (AvgIpc) is 3.31. The molecule has 30 heavy (non-hydrogen) atoms. The Kier molecular flexibility index (Phi) is 4.31. The van der Waals surface area contributed by atoms with Gasteiger partial charge < -0.3 is 15.2 Å². The van der Waals surface area contributed by atoms with Gasteiger partial charge in [-0.2, -0.15) is 0 Å². The van der Waals surface area contributed by atoms with Gasteiger partial charge in [-0.1, -0.05) is 5.10 Å². The van der Waals surface area contributed by atoms with Gasteiger partial charge in [0, 0.05) is 28.9 Å². The number of nitrogens with one attached hydrogen (secondary N) is 1. The summed E-state index contributed by atoms with van der Waals surface area (Å²) in [6.45, 7) is 1.89. The molecule has 156 valence electrons. The summed E-state index contributed by atoms with van der Waals surface area (Å²) in [6, 6.07) is 5.12. The van der Waals surface area contributed by atoms with E-state index in [-0.39, 0.29) is 17.8 Å². The first-order chi connectivity index (χ1) is 14.4. The molecule has 5 rings (SSSR count). The van der Waals surface area contributed by atoms with Crippen LogP contribution in [-0.2, 0) is 7.05 Å². The zero-order chi connectivity index (χ0) is 20.9. The van der Waals surface area contributed by atoms with E-state index in [1.54, 1.807) is 19.2 Å². The molecular weight excluding hydrogens is 393 g/mol. The monoisotopic (exact) mass is 414 g/mol. The minimum absolute atomic E-state index is 0.0201. The first-order valence-corrected chi connectivity index (χ1v) is 9.70. The van der Waals surface area contributed by atoms with Crippen molar-refractivity contribution in [2.45, 2.75) is 50.0 Å². The normalized spacial score (nSPS) is 27.9. The maximum absolute atomic E-state index is 14.9. The Hall–Kier alpha value is -3.28. The van der Waals surface area contributed by atoms with Crippen LogP contribution < -0.4 is 14.9 Å². The summed E-state index contributed by atoms with van der Waals surface area (Å²) in [4.78, 5) is 6.75. The molecule has 0 aliphatic carbocycles. The summed E-state index contributed by atoms with van der Waals surface area (Å²) in [6.07, 6.45) is 1.97. The summed E-state index contributed by atoms with van der Waals surface area (Å²) in [7, 11) is 1.64. The molecule has 0 radical (unpaired) electrons. The molecule has 0 saturated carbocycles. The maximum atomic E-state index is 14.9. The first-order valence-electron chi connectivity index (χ1n) is 9.70. The van der Waals surface area contributed by atoms with Crippen molar-refractivity contribution in [3.63, 3.8) is 0 Å². The lowest BCUT2D eigenvalue weighted by molar-refractivity contribution is -0.787. The van der Waals surface area contributed by atoms with Crippen molar-refractivity contribution in [1.29, 1.82) is 0 Å². The van der Waals surface area contributed by atoms with Crippen molar-refractivity contribution in [2.24, 2.45) is 7.05 Å². The van der Waals surface area contributed by atoms with Crippen LogP contribution in [0.4, 0.5) is 4.39 Å². The number of aromatic hydroxyl groups is 1. The topological polar surface area (TPSA) is 128 Å². The Morgan fingerprint density at radius 2 is 2.23 bits per heavy atom. The van der Waals surface area contributed by atoms with Gasteiger partial charge in [0.1, 0.15) is 29.8 Å². The molecule has 4 atom stereocenters. The average molecular weight is 414 g/mol. The van der Waals surface area contributed by atoms with Crippen molar-refractivity contribution < 1.29 is 19.0 Å². The van der Waals surface area contributed by atoms with E-state index in [2.05, 4.69) is 36.1 Å². The molecular formula is C18H21FN9O2+. The number of nitrogens with zero attached hydrogens (tertiary/aromatic N) is 8. The third-order valence-corrected chi connectivity index (χ3v) is 5.75. The van der Waals surface area contributed by atoms with Crippen LogP contribution in [0.2, 0.25) is 0 Å². The highest BCUT2D eigenvalue weighted by atomic mass is 19.1. The summed E-state index contributed by atoms with van der Waals surface area (Å²) in [5.41, 5.74) is 0.765. The van der Waals surface area contributed by atoms with E-state index in [9.17, 15) is 9.50 Å². The van der Waals surface area contributed by atoms with Crippen molar-refractivity contribution in [1.82, 2.24) is 40.9 Å². The molecule has 2 aliphatic rings. The predicted octanol–water partition coefficient (Wildman–Crippen LogP) is 0.0443. The molecule has 3 aromatic rings. The Bertz CT molecular complexity index is 1080. The Morgan fingerprint density at radius 3 is 2.93 bits per heavy atom. The summed E-state index contributed by atoms with van der Waals surface area (Å²) in [5.74, 6) is -0.0381. The van der Waals surface area contributed by atoms with Crippen LogP contribution in [0, 0.1) is 0 Å². The fraction of sp³-hybridized carbons (Fsp3) is 0.500. The highest BCUT2D eigenvalue weighted by Crippen LogP contribution is 2.38. The fourth-order valence-corrected chi connectivity index (χ4v) is 4.19. The second-order valence-corrected chi connectivity index (χ2v) is 7.97. The van der Waals surface area contributed by atoms with Gasteiger partial charge in [-0.25, -0.2) is 9.37 Å². The number of phenols is 1. The number of hydrogen-bond donors (Lipinski definition) is 2. The number of ether oxygens (including phenoxy) is 1. The molecule has 0 spiro atoms. The zero-order valence-electron chi connectivity index (χ0n) is 16.5. The van der Waals surface area contributed by atoms with E-state index in [1.165, 1.54) is 21.9 Å². The number of hydrogen-bond acceptors (Lipinski definition) is 9. The molecule has 0 amide bonds. The zero-order valence-corrected chi connectivity index (χ0v) is 16.5. The van der Waals surface area contributed by atoms with Crippen molar-refractivity contribution in [3.05, 3.63) is 24.4 Å². The van der Waals surface area contributed by atoms with Gasteiger partial charge in [-0.15, -0.1) is 5.10 Å². The Morgan fingerprint density at radius 1 is 1.37 bits per heavy atom. The van der Waals surface area contributed by atoms with Gasteiger partial charge in [0.05, 0.1) is 16.9 Å². The van der Waals surface area contributed by atoms with Crippen LogP contribution in [0.1, 0.15) is 26.2 Å². The summed E-state index contributed by atoms with van der Waals surface area (Å²) >= 11 is 0. The first kappa shape index (κ1) is 18.7. The van der Waals surface area contributed by atoms with Gasteiger partial charge >= 0.3 is 6.01 Å². The lowest BCUT2D eigenvalue weighted by Gasteiger charge is -2.39. The SMILES string of the molecule is C[n+]1nnn(-c2ccc(-c3cnc(O[C@@H]4C[C@H]5CC[C@](C)(N5)[C@H]4F)nn3)c(O)c2)n1. The van der Waals surface area contributed by atoms with Gasteiger partial charge in [-0.05, 0) is 36.7 Å². The number of aromatic nitrogens is 8. The molecule has 2 bridgehead atoms. The van der Waals surface area contributed by atoms with Crippen LogP contribution in [-0.4, -0.2) is 64.6 Å². The van der Waals surface area contributed by atoms with E-state index in [0.29, 0.717) is 23.4 Å².